The number of rotatable bonds is 5. The Morgan fingerprint density at radius 1 is 1.12 bits per heavy atom. The molecule has 2 rings (SSSR count). The van der Waals surface area contributed by atoms with Crippen molar-refractivity contribution in [3.8, 4) is 0 Å². The number of carbonyl (C=O) groups is 2. The van der Waals surface area contributed by atoms with Crippen LogP contribution in [0.5, 0.6) is 0 Å². The Morgan fingerprint density at radius 2 is 1.88 bits per heavy atom. The molecule has 0 aliphatic rings. The highest BCUT2D eigenvalue weighted by Crippen LogP contribution is 2.21. The van der Waals surface area contributed by atoms with Crippen LogP contribution in [0.4, 0.5) is 17.1 Å². The molecule has 0 fully saturated rings. The number of nitrogens with one attached hydrogen (secondary N) is 2. The minimum absolute atomic E-state index is 0.125. The summed E-state index contributed by atoms with van der Waals surface area (Å²) in [4.78, 5) is 34.0. The summed E-state index contributed by atoms with van der Waals surface area (Å²) in [6, 6.07) is 10.6. The van der Waals surface area contributed by atoms with Crippen molar-refractivity contribution >= 4 is 28.9 Å². The van der Waals surface area contributed by atoms with E-state index in [0.29, 0.717) is 17.8 Å². The van der Waals surface area contributed by atoms with E-state index in [9.17, 15) is 19.7 Å². The molecule has 0 aliphatic carbocycles. The third-order valence-electron chi connectivity index (χ3n) is 3.41. The van der Waals surface area contributed by atoms with Crippen LogP contribution in [0.2, 0.25) is 0 Å². The van der Waals surface area contributed by atoms with E-state index in [0.717, 1.165) is 5.56 Å². The maximum Gasteiger partial charge on any atom is 0.270 e. The number of nitro groups is 1. The smallest absolute Gasteiger partial charge is 0.270 e. The first-order chi connectivity index (χ1) is 11.4. The molecule has 7 nitrogen and oxygen atoms in total. The van der Waals surface area contributed by atoms with Gasteiger partial charge in [-0.1, -0.05) is 19.1 Å². The average Bonchev–Trinajstić information content (AvgIpc) is 2.57. The summed E-state index contributed by atoms with van der Waals surface area (Å²) >= 11 is 0. The van der Waals surface area contributed by atoms with Crippen LogP contribution in [0.25, 0.3) is 0 Å². The zero-order chi connectivity index (χ0) is 17.7. The number of hydrogen-bond donors (Lipinski definition) is 2. The standard InChI is InChI=1S/C17H17N3O4/c1-3-16(21)19-15-10-13(8-7-11(15)2)18-17(22)12-5-4-6-14(9-12)20(23)24/h4-10H,3H2,1-2H3,(H,18,22)(H,19,21). The summed E-state index contributed by atoms with van der Waals surface area (Å²) in [7, 11) is 0. The summed E-state index contributed by atoms with van der Waals surface area (Å²) in [6.07, 6.45) is 0.351. The van der Waals surface area contributed by atoms with E-state index in [2.05, 4.69) is 10.6 Å². The largest absolute Gasteiger partial charge is 0.326 e. The number of carbonyl (C=O) groups excluding carboxylic acids is 2. The number of non-ortho nitro benzene ring substituents is 1. The lowest BCUT2D eigenvalue weighted by Gasteiger charge is -2.11. The first-order valence-corrected chi connectivity index (χ1v) is 7.37. The van der Waals surface area contributed by atoms with Gasteiger partial charge < -0.3 is 10.6 Å². The van der Waals surface area contributed by atoms with Crippen LogP contribution >= 0.6 is 0 Å². The molecule has 0 bridgehead atoms. The maximum absolute atomic E-state index is 12.2. The monoisotopic (exact) mass is 327 g/mol. The highest BCUT2D eigenvalue weighted by atomic mass is 16.6. The van der Waals surface area contributed by atoms with Gasteiger partial charge in [0.1, 0.15) is 0 Å². The molecule has 0 heterocycles. The molecule has 0 radical (unpaired) electrons. The molecule has 124 valence electrons. The Hall–Kier alpha value is -3.22. The molecule has 2 aromatic carbocycles. The number of hydrogen-bond acceptors (Lipinski definition) is 4. The van der Waals surface area contributed by atoms with Crippen molar-refractivity contribution < 1.29 is 14.5 Å². The van der Waals surface area contributed by atoms with Crippen molar-refractivity contribution in [1.29, 1.82) is 0 Å². The van der Waals surface area contributed by atoms with Crippen LogP contribution < -0.4 is 10.6 Å². The lowest BCUT2D eigenvalue weighted by Crippen LogP contribution is -2.14. The maximum atomic E-state index is 12.2. The number of anilines is 2. The molecule has 0 spiro atoms. The lowest BCUT2D eigenvalue weighted by atomic mass is 10.1. The predicted octanol–water partition coefficient (Wildman–Crippen LogP) is 3.50. The van der Waals surface area contributed by atoms with Crippen LogP contribution in [0.3, 0.4) is 0 Å². The summed E-state index contributed by atoms with van der Waals surface area (Å²) in [6.45, 7) is 3.59. The second-order valence-corrected chi connectivity index (χ2v) is 5.19. The summed E-state index contributed by atoms with van der Waals surface area (Å²) < 4.78 is 0. The van der Waals surface area contributed by atoms with E-state index in [1.165, 1.54) is 24.3 Å². The van der Waals surface area contributed by atoms with Crippen molar-refractivity contribution in [2.24, 2.45) is 0 Å². The molecule has 2 amide bonds. The van der Waals surface area contributed by atoms with E-state index in [1.807, 2.05) is 6.92 Å². The van der Waals surface area contributed by atoms with Crippen LogP contribution in [0, 0.1) is 17.0 Å². The Balaban J connectivity index is 2.20. The minimum atomic E-state index is -0.555. The van der Waals surface area contributed by atoms with Gasteiger partial charge in [-0.05, 0) is 30.7 Å². The first kappa shape index (κ1) is 17.1. The number of nitrogens with zero attached hydrogens (tertiary/aromatic N) is 1. The SMILES string of the molecule is CCC(=O)Nc1cc(NC(=O)c2cccc([N+](=O)[O-])c2)ccc1C. The third kappa shape index (κ3) is 4.16. The molecule has 24 heavy (non-hydrogen) atoms. The van der Waals surface area contributed by atoms with E-state index in [4.69, 9.17) is 0 Å². The van der Waals surface area contributed by atoms with Gasteiger partial charge >= 0.3 is 0 Å². The van der Waals surface area contributed by atoms with E-state index in [1.54, 1.807) is 25.1 Å². The molecule has 2 N–H and O–H groups in total. The molecule has 0 aliphatic heterocycles. The normalized spacial score (nSPS) is 10.1. The van der Waals surface area contributed by atoms with Crippen molar-refractivity contribution in [1.82, 2.24) is 0 Å². The van der Waals surface area contributed by atoms with Gasteiger partial charge in [-0.15, -0.1) is 0 Å². The van der Waals surface area contributed by atoms with Crippen molar-refractivity contribution in [2.75, 3.05) is 10.6 Å². The fourth-order valence-electron chi connectivity index (χ4n) is 2.04. The topological polar surface area (TPSA) is 101 Å². The van der Waals surface area contributed by atoms with Gasteiger partial charge in [0.2, 0.25) is 5.91 Å². The van der Waals surface area contributed by atoms with Gasteiger partial charge in [0.05, 0.1) is 4.92 Å². The van der Waals surface area contributed by atoms with Crippen molar-refractivity contribution in [3.05, 3.63) is 63.7 Å². The van der Waals surface area contributed by atoms with Crippen molar-refractivity contribution in [3.63, 3.8) is 0 Å². The fourth-order valence-corrected chi connectivity index (χ4v) is 2.04. The zero-order valence-electron chi connectivity index (χ0n) is 13.3. The van der Waals surface area contributed by atoms with Crippen molar-refractivity contribution in [2.45, 2.75) is 20.3 Å². The van der Waals surface area contributed by atoms with Crippen LogP contribution in [0.15, 0.2) is 42.5 Å². The molecule has 7 heteroatoms. The Morgan fingerprint density at radius 3 is 2.54 bits per heavy atom. The molecule has 0 aromatic heterocycles. The molecular weight excluding hydrogens is 310 g/mol. The van der Waals surface area contributed by atoms with Crippen LogP contribution in [-0.4, -0.2) is 16.7 Å². The van der Waals surface area contributed by atoms with E-state index < -0.39 is 10.8 Å². The van der Waals surface area contributed by atoms with Gasteiger partial charge in [0.25, 0.3) is 11.6 Å². The van der Waals surface area contributed by atoms with Gasteiger partial charge in [-0.3, -0.25) is 19.7 Å². The lowest BCUT2D eigenvalue weighted by molar-refractivity contribution is -0.384. The summed E-state index contributed by atoms with van der Waals surface area (Å²) in [5.41, 5.74) is 2.00. The zero-order valence-corrected chi connectivity index (χ0v) is 13.3. The van der Waals surface area contributed by atoms with Gasteiger partial charge in [0.15, 0.2) is 0 Å². The minimum Gasteiger partial charge on any atom is -0.326 e. The predicted molar refractivity (Wildman–Crippen MR) is 91.1 cm³/mol. The van der Waals surface area contributed by atoms with E-state index in [-0.39, 0.29) is 17.2 Å². The summed E-state index contributed by atoms with van der Waals surface area (Å²) in [5.74, 6) is -0.587. The summed E-state index contributed by atoms with van der Waals surface area (Å²) in [5, 5.41) is 16.2. The fraction of sp³-hybridized carbons (Fsp3) is 0.176. The number of amides is 2. The quantitative estimate of drug-likeness (QED) is 0.648. The Labute approximate surface area is 138 Å². The van der Waals surface area contributed by atoms with Gasteiger partial charge in [-0.25, -0.2) is 0 Å². The molecule has 0 atom stereocenters. The van der Waals surface area contributed by atoms with E-state index >= 15 is 0 Å². The number of benzene rings is 2. The number of nitro benzene ring substituents is 1. The van der Waals surface area contributed by atoms with Crippen LogP contribution in [-0.2, 0) is 4.79 Å². The molecule has 2 aromatic rings. The third-order valence-corrected chi connectivity index (χ3v) is 3.41. The Bertz CT molecular complexity index is 802. The highest BCUT2D eigenvalue weighted by molar-refractivity contribution is 6.05. The average molecular weight is 327 g/mol. The molecule has 0 saturated heterocycles. The molecular formula is C17H17N3O4. The Kier molecular flexibility index (Phi) is 5.26. The van der Waals surface area contributed by atoms with Gasteiger partial charge in [-0.2, -0.15) is 0 Å². The van der Waals surface area contributed by atoms with Crippen LogP contribution in [0.1, 0.15) is 29.3 Å². The molecule has 0 unspecified atom stereocenters. The number of aryl methyl sites for hydroxylation is 1. The van der Waals surface area contributed by atoms with Gasteiger partial charge in [0, 0.05) is 35.5 Å². The second-order valence-electron chi connectivity index (χ2n) is 5.19. The second kappa shape index (κ2) is 7.36. The molecule has 0 saturated carbocycles. The first-order valence-electron chi connectivity index (χ1n) is 7.37. The highest BCUT2D eigenvalue weighted by Gasteiger charge is 2.12.